The van der Waals surface area contributed by atoms with E-state index >= 15 is 0 Å². The quantitative estimate of drug-likeness (QED) is 0.730. The molecule has 0 radical (unpaired) electrons. The first-order chi connectivity index (χ1) is 8.72. The summed E-state index contributed by atoms with van der Waals surface area (Å²) in [5, 5.41) is 3.80. The van der Waals surface area contributed by atoms with Crippen LogP contribution in [0.1, 0.15) is 63.1 Å². The normalized spacial score (nSPS) is 19.8. The van der Waals surface area contributed by atoms with Gasteiger partial charge in [-0.1, -0.05) is 54.2 Å². The summed E-state index contributed by atoms with van der Waals surface area (Å²) in [6.07, 6.45) is 7.77. The molecular weight excluding hydrogens is 286 g/mol. The van der Waals surface area contributed by atoms with Gasteiger partial charge in [0.25, 0.3) is 0 Å². The van der Waals surface area contributed by atoms with Gasteiger partial charge < -0.3 is 5.32 Å². The molecule has 100 valence electrons. The molecule has 18 heavy (non-hydrogen) atoms. The van der Waals surface area contributed by atoms with Gasteiger partial charge in [0, 0.05) is 16.6 Å². The highest BCUT2D eigenvalue weighted by molar-refractivity contribution is 9.10. The Morgan fingerprint density at radius 3 is 3.00 bits per heavy atom. The molecule has 1 aromatic rings. The van der Waals surface area contributed by atoms with Crippen molar-refractivity contribution in [2.75, 3.05) is 0 Å². The molecule has 0 aliphatic heterocycles. The molecule has 1 N–H and O–H groups in total. The summed E-state index contributed by atoms with van der Waals surface area (Å²) >= 11 is 3.66. The van der Waals surface area contributed by atoms with Crippen LogP contribution in [0.15, 0.2) is 22.7 Å². The first kappa shape index (κ1) is 14.1. The van der Waals surface area contributed by atoms with E-state index in [9.17, 15) is 0 Å². The second-order valence-corrected chi connectivity index (χ2v) is 6.32. The average molecular weight is 310 g/mol. The molecule has 1 nitrogen and oxygen atoms in total. The molecule has 2 rings (SSSR count). The van der Waals surface area contributed by atoms with Gasteiger partial charge >= 0.3 is 0 Å². The second kappa shape index (κ2) is 6.72. The summed E-state index contributed by atoms with van der Waals surface area (Å²) in [7, 11) is 0. The summed E-state index contributed by atoms with van der Waals surface area (Å²) < 4.78 is 1.28. The lowest BCUT2D eigenvalue weighted by molar-refractivity contribution is 0.421. The molecule has 1 aromatic carbocycles. The summed E-state index contributed by atoms with van der Waals surface area (Å²) in [6, 6.07) is 7.79. The molecule has 1 aliphatic carbocycles. The van der Waals surface area contributed by atoms with Crippen LogP contribution in [0.25, 0.3) is 0 Å². The van der Waals surface area contributed by atoms with Crippen LogP contribution in [-0.4, -0.2) is 6.04 Å². The topological polar surface area (TPSA) is 12.0 Å². The van der Waals surface area contributed by atoms with Crippen molar-refractivity contribution in [2.24, 2.45) is 0 Å². The Labute approximate surface area is 119 Å². The van der Waals surface area contributed by atoms with Crippen LogP contribution in [0, 0.1) is 0 Å². The van der Waals surface area contributed by atoms with Gasteiger partial charge in [0.1, 0.15) is 0 Å². The summed E-state index contributed by atoms with van der Waals surface area (Å²) in [6.45, 7) is 4.59. The van der Waals surface area contributed by atoms with Gasteiger partial charge in [-0.2, -0.15) is 0 Å². The highest BCUT2D eigenvalue weighted by atomic mass is 79.9. The van der Waals surface area contributed by atoms with Gasteiger partial charge in [0.15, 0.2) is 0 Å². The van der Waals surface area contributed by atoms with Crippen molar-refractivity contribution in [2.45, 2.75) is 64.5 Å². The minimum Gasteiger partial charge on any atom is -0.307 e. The molecule has 0 aromatic heterocycles. The van der Waals surface area contributed by atoms with Crippen LogP contribution in [0.2, 0.25) is 0 Å². The van der Waals surface area contributed by atoms with Crippen LogP contribution in [0.3, 0.4) is 0 Å². The van der Waals surface area contributed by atoms with E-state index in [4.69, 9.17) is 0 Å². The Bertz CT molecular complexity index is 389. The minimum atomic E-state index is 0.564. The van der Waals surface area contributed by atoms with E-state index in [1.54, 1.807) is 0 Å². The molecule has 0 spiro atoms. The van der Waals surface area contributed by atoms with E-state index in [1.165, 1.54) is 54.1 Å². The van der Waals surface area contributed by atoms with E-state index in [2.05, 4.69) is 53.3 Å². The number of nitrogens with one attached hydrogen (secondary N) is 1. The Kier molecular flexibility index (Phi) is 5.25. The number of benzene rings is 1. The third-order valence-corrected chi connectivity index (χ3v) is 4.68. The van der Waals surface area contributed by atoms with Gasteiger partial charge in [0.05, 0.1) is 0 Å². The van der Waals surface area contributed by atoms with Crippen LogP contribution < -0.4 is 5.32 Å². The summed E-state index contributed by atoms with van der Waals surface area (Å²) in [4.78, 5) is 0. The zero-order valence-corrected chi connectivity index (χ0v) is 13.1. The van der Waals surface area contributed by atoms with Crippen LogP contribution in [-0.2, 0) is 6.42 Å². The molecule has 0 saturated carbocycles. The SMILES string of the molecule is CCCCCC(C)NC1CCc2c(Br)cccc21. The fourth-order valence-electron chi connectivity index (χ4n) is 2.91. The van der Waals surface area contributed by atoms with Crippen molar-refractivity contribution in [1.82, 2.24) is 5.32 Å². The lowest BCUT2D eigenvalue weighted by Crippen LogP contribution is -2.29. The third kappa shape index (κ3) is 3.36. The largest absolute Gasteiger partial charge is 0.307 e. The second-order valence-electron chi connectivity index (χ2n) is 5.46. The van der Waals surface area contributed by atoms with Crippen molar-refractivity contribution >= 4 is 15.9 Å². The lowest BCUT2D eigenvalue weighted by atomic mass is 10.1. The molecular formula is C16H24BrN. The van der Waals surface area contributed by atoms with Crippen LogP contribution in [0.4, 0.5) is 0 Å². The average Bonchev–Trinajstić information content (AvgIpc) is 2.74. The maximum absolute atomic E-state index is 3.80. The number of rotatable bonds is 6. The van der Waals surface area contributed by atoms with Crippen LogP contribution in [0.5, 0.6) is 0 Å². The highest BCUT2D eigenvalue weighted by Gasteiger charge is 2.24. The number of halogens is 1. The predicted octanol–water partition coefficient (Wildman–Crippen LogP) is 4.99. The Hall–Kier alpha value is -0.340. The molecule has 0 heterocycles. The molecule has 1 aliphatic rings. The lowest BCUT2D eigenvalue weighted by Gasteiger charge is -2.20. The molecule has 0 amide bonds. The third-order valence-electron chi connectivity index (χ3n) is 3.94. The maximum Gasteiger partial charge on any atom is 0.0328 e. The van der Waals surface area contributed by atoms with E-state index in [1.807, 2.05) is 0 Å². The number of unbranched alkanes of at least 4 members (excludes halogenated alkanes) is 2. The van der Waals surface area contributed by atoms with Crippen molar-refractivity contribution in [3.05, 3.63) is 33.8 Å². The standard InChI is InChI=1S/C16H24BrN/c1-3-4-5-7-12(2)18-16-11-10-13-14(16)8-6-9-15(13)17/h6,8-9,12,16,18H,3-5,7,10-11H2,1-2H3. The molecule has 0 saturated heterocycles. The maximum atomic E-state index is 3.80. The Morgan fingerprint density at radius 2 is 2.22 bits per heavy atom. The number of hydrogen-bond acceptors (Lipinski definition) is 1. The minimum absolute atomic E-state index is 0.564. The van der Waals surface area contributed by atoms with Gasteiger partial charge in [0.2, 0.25) is 0 Å². The fourth-order valence-corrected chi connectivity index (χ4v) is 3.49. The molecule has 2 heteroatoms. The summed E-state index contributed by atoms with van der Waals surface area (Å²) in [5.74, 6) is 0. The van der Waals surface area contributed by atoms with Crippen molar-refractivity contribution in [1.29, 1.82) is 0 Å². The number of fused-ring (bicyclic) bond motifs is 1. The highest BCUT2D eigenvalue weighted by Crippen LogP contribution is 2.35. The zero-order chi connectivity index (χ0) is 13.0. The fraction of sp³-hybridized carbons (Fsp3) is 0.625. The van der Waals surface area contributed by atoms with E-state index < -0.39 is 0 Å². The monoisotopic (exact) mass is 309 g/mol. The molecule has 0 fully saturated rings. The predicted molar refractivity (Wildman–Crippen MR) is 81.9 cm³/mol. The molecule has 2 atom stereocenters. The summed E-state index contributed by atoms with van der Waals surface area (Å²) in [5.41, 5.74) is 3.02. The van der Waals surface area contributed by atoms with E-state index in [0.717, 1.165) is 0 Å². The van der Waals surface area contributed by atoms with Gasteiger partial charge in [-0.05, 0) is 43.4 Å². The Morgan fingerprint density at radius 1 is 1.39 bits per heavy atom. The zero-order valence-electron chi connectivity index (χ0n) is 11.5. The van der Waals surface area contributed by atoms with Gasteiger partial charge in [-0.3, -0.25) is 0 Å². The van der Waals surface area contributed by atoms with Gasteiger partial charge in [-0.15, -0.1) is 0 Å². The first-order valence-electron chi connectivity index (χ1n) is 7.25. The molecule has 2 unspecified atom stereocenters. The van der Waals surface area contributed by atoms with E-state index in [0.29, 0.717) is 12.1 Å². The van der Waals surface area contributed by atoms with Crippen LogP contribution >= 0.6 is 15.9 Å². The van der Waals surface area contributed by atoms with Crippen molar-refractivity contribution in [3.63, 3.8) is 0 Å². The van der Waals surface area contributed by atoms with E-state index in [-0.39, 0.29) is 0 Å². The van der Waals surface area contributed by atoms with Crippen molar-refractivity contribution in [3.8, 4) is 0 Å². The van der Waals surface area contributed by atoms with Crippen molar-refractivity contribution < 1.29 is 0 Å². The number of hydrogen-bond donors (Lipinski definition) is 1. The molecule has 0 bridgehead atoms. The van der Waals surface area contributed by atoms with Gasteiger partial charge in [-0.25, -0.2) is 0 Å². The Balaban J connectivity index is 1.91. The smallest absolute Gasteiger partial charge is 0.0328 e. The first-order valence-corrected chi connectivity index (χ1v) is 8.05.